The van der Waals surface area contributed by atoms with E-state index in [2.05, 4.69) is 19.9 Å². The van der Waals surface area contributed by atoms with Crippen LogP contribution < -0.4 is 11.4 Å². The van der Waals surface area contributed by atoms with Crippen LogP contribution >= 0.6 is 0 Å². The van der Waals surface area contributed by atoms with Gasteiger partial charge in [0.2, 0.25) is 0 Å². The molecule has 0 bridgehead atoms. The molecule has 0 aromatic carbocycles. The van der Waals surface area contributed by atoms with Gasteiger partial charge in [-0.2, -0.15) is 0 Å². The molecule has 3 saturated carbocycles. The minimum absolute atomic E-state index is 0.0292. The van der Waals surface area contributed by atoms with Crippen molar-refractivity contribution in [1.29, 1.82) is 0 Å². The fourth-order valence-corrected chi connectivity index (χ4v) is 8.88. The first kappa shape index (κ1) is 23.8. The van der Waals surface area contributed by atoms with Crippen molar-refractivity contribution in [3.63, 3.8) is 0 Å². The highest BCUT2D eigenvalue weighted by Gasteiger charge is 2.57. The third-order valence-corrected chi connectivity index (χ3v) is 10.9. The van der Waals surface area contributed by atoms with E-state index in [9.17, 15) is 14.7 Å². The molecule has 0 spiro atoms. The van der Waals surface area contributed by atoms with Crippen molar-refractivity contribution >= 4 is 5.97 Å². The zero-order chi connectivity index (χ0) is 24.3. The number of aliphatic carboxylic acids is 1. The van der Waals surface area contributed by atoms with Gasteiger partial charge in [-0.15, -0.1) is 0 Å². The first-order chi connectivity index (χ1) is 16.1. The van der Waals surface area contributed by atoms with Gasteiger partial charge in [0.25, 0.3) is 0 Å². The molecule has 1 unspecified atom stereocenters. The van der Waals surface area contributed by atoms with Crippen LogP contribution in [0.5, 0.6) is 0 Å². The average Bonchev–Trinajstić information content (AvgIpc) is 3.16. The second-order valence-electron chi connectivity index (χ2n) is 12.5. The number of hydrogen-bond acceptors (Lipinski definition) is 4. The Labute approximate surface area is 203 Å². The number of carbonyl (C=O) groups is 1. The van der Waals surface area contributed by atoms with Crippen molar-refractivity contribution in [2.45, 2.75) is 90.5 Å². The van der Waals surface area contributed by atoms with Gasteiger partial charge in [-0.3, -0.25) is 4.79 Å². The molecule has 4 aliphatic rings. The summed E-state index contributed by atoms with van der Waals surface area (Å²) in [5.41, 5.74) is 9.05. The Kier molecular flexibility index (Phi) is 6.07. The molecule has 1 aromatic rings. The summed E-state index contributed by atoms with van der Waals surface area (Å²) in [6.45, 7) is 7.03. The minimum atomic E-state index is -0.875. The van der Waals surface area contributed by atoms with Gasteiger partial charge in [0.1, 0.15) is 6.04 Å². The number of rotatable bonds is 5. The maximum atomic E-state index is 11.5. The zero-order valence-corrected chi connectivity index (χ0v) is 21.0. The molecule has 5 heteroatoms. The lowest BCUT2D eigenvalue weighted by molar-refractivity contribution is -0.140. The van der Waals surface area contributed by atoms with Gasteiger partial charge in [-0.1, -0.05) is 32.4 Å². The van der Waals surface area contributed by atoms with Crippen molar-refractivity contribution in [2.24, 2.45) is 46.2 Å². The van der Waals surface area contributed by atoms with Crippen molar-refractivity contribution < 1.29 is 14.3 Å². The van der Waals surface area contributed by atoms with Crippen molar-refractivity contribution in [2.75, 3.05) is 0 Å². The molecular formula is C29H41NO4. The van der Waals surface area contributed by atoms with Gasteiger partial charge in [-0.25, -0.2) is 4.79 Å². The molecule has 1 aromatic heterocycles. The Morgan fingerprint density at radius 3 is 2.71 bits per heavy atom. The lowest BCUT2D eigenvalue weighted by Gasteiger charge is -2.60. The van der Waals surface area contributed by atoms with Crippen LogP contribution in [-0.4, -0.2) is 17.1 Å². The summed E-state index contributed by atoms with van der Waals surface area (Å²) < 4.78 is 5.23. The van der Waals surface area contributed by atoms with Crippen molar-refractivity contribution in [3.05, 3.63) is 46.0 Å². The Morgan fingerprint density at radius 1 is 1.21 bits per heavy atom. The maximum absolute atomic E-state index is 11.5. The van der Waals surface area contributed by atoms with Gasteiger partial charge in [0.05, 0.1) is 6.26 Å². The molecule has 0 aliphatic heterocycles. The van der Waals surface area contributed by atoms with Crippen LogP contribution in [0.2, 0.25) is 0 Å². The first-order valence-corrected chi connectivity index (χ1v) is 13.4. The Hall–Kier alpha value is -1.88. The van der Waals surface area contributed by atoms with E-state index in [0.717, 1.165) is 24.7 Å². The number of fused-ring (bicyclic) bond motifs is 5. The summed E-state index contributed by atoms with van der Waals surface area (Å²) in [4.78, 5) is 22.8. The number of nitrogens with two attached hydrogens (primary N) is 1. The molecule has 34 heavy (non-hydrogen) atoms. The van der Waals surface area contributed by atoms with Crippen LogP contribution in [-0.2, 0) is 4.79 Å². The highest BCUT2D eigenvalue weighted by Crippen LogP contribution is 2.67. The fourth-order valence-electron chi connectivity index (χ4n) is 8.88. The third kappa shape index (κ3) is 3.79. The summed E-state index contributed by atoms with van der Waals surface area (Å²) >= 11 is 0. The highest BCUT2D eigenvalue weighted by atomic mass is 16.4. The van der Waals surface area contributed by atoms with Gasteiger partial charge in [-0.05, 0) is 116 Å². The predicted molar refractivity (Wildman–Crippen MR) is 132 cm³/mol. The van der Waals surface area contributed by atoms with Gasteiger partial charge in [0.15, 0.2) is 0 Å². The van der Waals surface area contributed by atoms with E-state index in [1.807, 2.05) is 13.0 Å². The molecule has 4 aliphatic carbocycles. The van der Waals surface area contributed by atoms with E-state index in [1.165, 1.54) is 50.5 Å². The number of carboxylic acids is 1. The molecule has 1 heterocycles. The largest absolute Gasteiger partial charge is 0.480 e. The van der Waals surface area contributed by atoms with Gasteiger partial charge in [0, 0.05) is 6.07 Å². The molecule has 3 N–H and O–H groups in total. The molecule has 9 atom stereocenters. The van der Waals surface area contributed by atoms with E-state index >= 15 is 0 Å². The lowest BCUT2D eigenvalue weighted by Crippen LogP contribution is -2.51. The molecule has 0 radical (unpaired) electrons. The summed E-state index contributed by atoms with van der Waals surface area (Å²) in [5, 5.41) is 9.29. The molecule has 0 amide bonds. The van der Waals surface area contributed by atoms with E-state index < -0.39 is 12.0 Å². The Balaban J connectivity index is 1.30. The van der Waals surface area contributed by atoms with E-state index in [0.29, 0.717) is 23.2 Å². The van der Waals surface area contributed by atoms with E-state index in [-0.39, 0.29) is 17.0 Å². The summed E-state index contributed by atoms with van der Waals surface area (Å²) in [5.74, 6) is 2.34. The Bertz CT molecular complexity index is 1010. The summed E-state index contributed by atoms with van der Waals surface area (Å²) in [7, 11) is 0. The first-order valence-electron chi connectivity index (χ1n) is 13.4. The molecule has 0 saturated heterocycles. The van der Waals surface area contributed by atoms with Crippen molar-refractivity contribution in [3.8, 4) is 0 Å². The molecular weight excluding hydrogens is 426 g/mol. The monoisotopic (exact) mass is 467 g/mol. The normalized spacial score (nSPS) is 40.9. The van der Waals surface area contributed by atoms with Crippen LogP contribution in [0.4, 0.5) is 0 Å². The second kappa shape index (κ2) is 8.65. The molecule has 186 valence electrons. The van der Waals surface area contributed by atoms with Crippen LogP contribution in [0.15, 0.2) is 39.3 Å². The van der Waals surface area contributed by atoms with E-state index in [4.69, 9.17) is 10.2 Å². The zero-order valence-electron chi connectivity index (χ0n) is 21.0. The highest BCUT2D eigenvalue weighted by molar-refractivity contribution is 5.73. The molecule has 5 nitrogen and oxygen atoms in total. The van der Waals surface area contributed by atoms with Crippen LogP contribution in [0.25, 0.3) is 0 Å². The minimum Gasteiger partial charge on any atom is -0.480 e. The number of allylic oxidation sites excluding steroid dienone is 2. The van der Waals surface area contributed by atoms with Crippen LogP contribution in [0.1, 0.15) is 90.0 Å². The number of carboxylic acid groups (broad SMARTS) is 1. The fraction of sp³-hybridized carbons (Fsp3) is 0.724. The second-order valence-corrected chi connectivity index (χ2v) is 12.5. The number of hydrogen-bond donors (Lipinski definition) is 2. The van der Waals surface area contributed by atoms with E-state index in [1.54, 1.807) is 17.9 Å². The maximum Gasteiger partial charge on any atom is 0.335 e. The standard InChI is InChI=1S/C29H41NO4/c1-17(26(30)27(32)33)14-18-10-12-28(2)20(15-18)5-6-21-23-8-7-22(19-4-9-25(31)34-16-19)29(23,3)13-11-24(21)28/h4,8-9,16-18,20-22,24,26H,5-7,10-15,30H2,1-3H3,(H,32,33)/t17?,18-,20-,21+,22-,24+,26+,28+,29-/m1/s1. The predicted octanol–water partition coefficient (Wildman–Crippen LogP) is 5.74. The third-order valence-electron chi connectivity index (χ3n) is 10.9. The quantitative estimate of drug-likeness (QED) is 0.539. The van der Waals surface area contributed by atoms with Gasteiger partial charge >= 0.3 is 11.6 Å². The topological polar surface area (TPSA) is 93.5 Å². The van der Waals surface area contributed by atoms with Crippen molar-refractivity contribution in [1.82, 2.24) is 0 Å². The summed E-state index contributed by atoms with van der Waals surface area (Å²) in [6, 6.07) is 2.79. The summed E-state index contributed by atoms with van der Waals surface area (Å²) in [6.07, 6.45) is 15.0. The SMILES string of the molecule is CC(C[C@H]1CC[C@@]2(C)[C@H](CC[C@H]3C4=CC[C@H](c5ccc(=O)oc5)[C@@]4(C)CC[C@@H]32)C1)[C@H](N)C(=O)O. The van der Waals surface area contributed by atoms with Gasteiger partial charge < -0.3 is 15.3 Å². The van der Waals surface area contributed by atoms with Crippen LogP contribution in [0, 0.1) is 40.4 Å². The average molecular weight is 468 g/mol. The Morgan fingerprint density at radius 2 is 2.00 bits per heavy atom. The van der Waals surface area contributed by atoms with Crippen LogP contribution in [0.3, 0.4) is 0 Å². The molecule has 3 fully saturated rings. The molecule has 5 rings (SSSR count). The smallest absolute Gasteiger partial charge is 0.335 e. The lowest BCUT2D eigenvalue weighted by atomic mass is 9.45.